The first-order chi connectivity index (χ1) is 7.13. The van der Waals surface area contributed by atoms with E-state index in [0.717, 1.165) is 6.42 Å². The summed E-state index contributed by atoms with van der Waals surface area (Å²) < 4.78 is 5.38. The van der Waals surface area contributed by atoms with E-state index in [9.17, 15) is 4.79 Å². The standard InChI is InChI=1S/C9H14N2O3S/c1-3-6(2)9-11-10-7(14-9)4-15-5-8(12)13/h6H,3-5H2,1-2H3,(H,12,13)/t6-/m1/s1. The molecule has 1 rings (SSSR count). The molecule has 0 bridgehead atoms. The molecule has 0 saturated heterocycles. The van der Waals surface area contributed by atoms with Gasteiger partial charge in [-0.25, -0.2) is 0 Å². The molecule has 1 heterocycles. The molecule has 0 aliphatic carbocycles. The highest BCUT2D eigenvalue weighted by Crippen LogP contribution is 2.18. The summed E-state index contributed by atoms with van der Waals surface area (Å²) in [5, 5.41) is 16.2. The smallest absolute Gasteiger partial charge is 0.313 e. The maximum absolute atomic E-state index is 10.3. The van der Waals surface area contributed by atoms with Crippen molar-refractivity contribution in [3.63, 3.8) is 0 Å². The van der Waals surface area contributed by atoms with Crippen LogP contribution >= 0.6 is 11.8 Å². The zero-order chi connectivity index (χ0) is 11.3. The van der Waals surface area contributed by atoms with Crippen molar-refractivity contribution in [3.05, 3.63) is 11.8 Å². The number of carbonyl (C=O) groups is 1. The lowest BCUT2D eigenvalue weighted by molar-refractivity contribution is -0.133. The number of carboxylic acids is 1. The van der Waals surface area contributed by atoms with Crippen LogP contribution in [0, 0.1) is 0 Å². The van der Waals surface area contributed by atoms with Crippen LogP contribution in [0.3, 0.4) is 0 Å². The van der Waals surface area contributed by atoms with Gasteiger partial charge in [-0.15, -0.1) is 22.0 Å². The third-order valence-corrected chi connectivity index (χ3v) is 2.87. The lowest BCUT2D eigenvalue weighted by Crippen LogP contribution is -1.98. The van der Waals surface area contributed by atoms with Gasteiger partial charge in [-0.1, -0.05) is 13.8 Å². The van der Waals surface area contributed by atoms with E-state index < -0.39 is 5.97 Å². The summed E-state index contributed by atoms with van der Waals surface area (Å²) in [4.78, 5) is 10.3. The summed E-state index contributed by atoms with van der Waals surface area (Å²) in [6, 6.07) is 0. The van der Waals surface area contributed by atoms with E-state index in [0.29, 0.717) is 17.5 Å². The van der Waals surface area contributed by atoms with E-state index in [1.54, 1.807) is 0 Å². The molecule has 0 radical (unpaired) electrons. The Morgan fingerprint density at radius 2 is 2.33 bits per heavy atom. The van der Waals surface area contributed by atoms with Gasteiger partial charge in [-0.3, -0.25) is 4.79 Å². The lowest BCUT2D eigenvalue weighted by Gasteiger charge is -1.99. The van der Waals surface area contributed by atoms with Gasteiger partial charge < -0.3 is 9.52 Å². The van der Waals surface area contributed by atoms with Gasteiger partial charge in [0.05, 0.1) is 11.5 Å². The number of aliphatic carboxylic acids is 1. The second kappa shape index (κ2) is 5.75. The Bertz CT molecular complexity index is 327. The van der Waals surface area contributed by atoms with Gasteiger partial charge in [0, 0.05) is 5.92 Å². The summed E-state index contributed by atoms with van der Waals surface area (Å²) in [6.45, 7) is 4.06. The SMILES string of the molecule is CC[C@@H](C)c1nnc(CSCC(=O)O)o1. The molecule has 0 aliphatic rings. The Kier molecular flexibility index (Phi) is 4.61. The summed E-state index contributed by atoms with van der Waals surface area (Å²) in [5.74, 6) is 1.06. The zero-order valence-corrected chi connectivity index (χ0v) is 9.58. The number of thioether (sulfide) groups is 1. The van der Waals surface area contributed by atoms with Crippen LogP contribution in [-0.4, -0.2) is 27.0 Å². The molecule has 0 amide bonds. The van der Waals surface area contributed by atoms with Crippen molar-refractivity contribution < 1.29 is 14.3 Å². The monoisotopic (exact) mass is 230 g/mol. The Balaban J connectivity index is 2.42. The van der Waals surface area contributed by atoms with E-state index in [1.165, 1.54) is 11.8 Å². The normalized spacial score (nSPS) is 12.7. The number of carboxylic acid groups (broad SMARTS) is 1. The van der Waals surface area contributed by atoms with E-state index in [-0.39, 0.29) is 11.7 Å². The molecule has 0 unspecified atom stereocenters. The number of rotatable bonds is 6. The molecule has 15 heavy (non-hydrogen) atoms. The van der Waals surface area contributed by atoms with Crippen LogP contribution < -0.4 is 0 Å². The summed E-state index contributed by atoms with van der Waals surface area (Å²) in [7, 11) is 0. The van der Waals surface area contributed by atoms with Crippen molar-refractivity contribution in [2.24, 2.45) is 0 Å². The van der Waals surface area contributed by atoms with Crippen LogP contribution in [-0.2, 0) is 10.5 Å². The third-order valence-electron chi connectivity index (χ3n) is 1.97. The van der Waals surface area contributed by atoms with Gasteiger partial charge in [0.25, 0.3) is 0 Å². The van der Waals surface area contributed by atoms with E-state index >= 15 is 0 Å². The van der Waals surface area contributed by atoms with E-state index in [1.807, 2.05) is 13.8 Å². The topological polar surface area (TPSA) is 76.2 Å². The van der Waals surface area contributed by atoms with Crippen LogP contribution in [0.15, 0.2) is 4.42 Å². The van der Waals surface area contributed by atoms with Gasteiger partial charge >= 0.3 is 5.97 Å². The van der Waals surface area contributed by atoms with Crippen LogP contribution in [0.25, 0.3) is 0 Å². The molecule has 0 fully saturated rings. The average Bonchev–Trinajstić information content (AvgIpc) is 2.65. The quantitative estimate of drug-likeness (QED) is 0.804. The number of hydrogen-bond acceptors (Lipinski definition) is 5. The highest BCUT2D eigenvalue weighted by atomic mass is 32.2. The summed E-state index contributed by atoms with van der Waals surface area (Å²) in [6.07, 6.45) is 0.948. The molecule has 84 valence electrons. The Morgan fingerprint density at radius 3 is 2.93 bits per heavy atom. The van der Waals surface area contributed by atoms with E-state index in [2.05, 4.69) is 10.2 Å². The lowest BCUT2D eigenvalue weighted by atomic mass is 10.1. The Hall–Kier alpha value is -1.04. The molecule has 1 N–H and O–H groups in total. The third kappa shape index (κ3) is 3.91. The summed E-state index contributed by atoms with van der Waals surface area (Å²) in [5.41, 5.74) is 0. The first-order valence-corrected chi connectivity index (χ1v) is 5.90. The van der Waals surface area contributed by atoms with Gasteiger partial charge in [-0.2, -0.15) is 0 Å². The van der Waals surface area contributed by atoms with Crippen LogP contribution in [0.4, 0.5) is 0 Å². The molecule has 0 aliphatic heterocycles. The summed E-state index contributed by atoms with van der Waals surface area (Å²) >= 11 is 1.25. The van der Waals surface area contributed by atoms with E-state index in [4.69, 9.17) is 9.52 Å². The fourth-order valence-electron chi connectivity index (χ4n) is 0.924. The van der Waals surface area contributed by atoms with Crippen LogP contribution in [0.1, 0.15) is 38.0 Å². The minimum atomic E-state index is -0.832. The van der Waals surface area contributed by atoms with Gasteiger partial charge in [0.2, 0.25) is 11.8 Å². The predicted molar refractivity (Wildman–Crippen MR) is 56.8 cm³/mol. The number of hydrogen-bond donors (Lipinski definition) is 1. The van der Waals surface area contributed by atoms with Crippen molar-refractivity contribution in [1.82, 2.24) is 10.2 Å². The van der Waals surface area contributed by atoms with Crippen molar-refractivity contribution >= 4 is 17.7 Å². The minimum Gasteiger partial charge on any atom is -0.481 e. The molecule has 0 spiro atoms. The molecular weight excluding hydrogens is 216 g/mol. The molecule has 1 atom stereocenters. The first kappa shape index (κ1) is 12.0. The Morgan fingerprint density at radius 1 is 1.60 bits per heavy atom. The fraction of sp³-hybridized carbons (Fsp3) is 0.667. The van der Waals surface area contributed by atoms with Crippen LogP contribution in [0.2, 0.25) is 0 Å². The molecule has 5 nitrogen and oxygen atoms in total. The minimum absolute atomic E-state index is 0.0566. The zero-order valence-electron chi connectivity index (χ0n) is 8.77. The number of aromatic nitrogens is 2. The second-order valence-corrected chi connectivity index (χ2v) is 4.22. The van der Waals surface area contributed by atoms with Crippen molar-refractivity contribution in [3.8, 4) is 0 Å². The molecule has 1 aromatic rings. The molecule has 1 aromatic heterocycles. The second-order valence-electron chi connectivity index (χ2n) is 3.23. The Labute approximate surface area is 92.3 Å². The number of nitrogens with zero attached hydrogens (tertiary/aromatic N) is 2. The highest BCUT2D eigenvalue weighted by Gasteiger charge is 2.12. The maximum atomic E-state index is 10.3. The predicted octanol–water partition coefficient (Wildman–Crippen LogP) is 1.90. The van der Waals surface area contributed by atoms with Crippen molar-refractivity contribution in [1.29, 1.82) is 0 Å². The molecule has 0 saturated carbocycles. The molecular formula is C9H14N2O3S. The average molecular weight is 230 g/mol. The molecule has 6 heteroatoms. The van der Waals surface area contributed by atoms with Crippen molar-refractivity contribution in [2.45, 2.75) is 31.9 Å². The van der Waals surface area contributed by atoms with Gasteiger partial charge in [0.1, 0.15) is 0 Å². The first-order valence-electron chi connectivity index (χ1n) is 4.75. The highest BCUT2D eigenvalue weighted by molar-refractivity contribution is 7.99. The molecule has 0 aromatic carbocycles. The van der Waals surface area contributed by atoms with Gasteiger partial charge in [-0.05, 0) is 6.42 Å². The van der Waals surface area contributed by atoms with Gasteiger partial charge in [0.15, 0.2) is 0 Å². The fourth-order valence-corrected chi connectivity index (χ4v) is 1.49. The maximum Gasteiger partial charge on any atom is 0.313 e. The largest absolute Gasteiger partial charge is 0.481 e. The van der Waals surface area contributed by atoms with Crippen LogP contribution in [0.5, 0.6) is 0 Å². The van der Waals surface area contributed by atoms with Crippen molar-refractivity contribution in [2.75, 3.05) is 5.75 Å².